The van der Waals surface area contributed by atoms with Crippen LogP contribution in [0.25, 0.3) is 0 Å². The fourth-order valence-electron chi connectivity index (χ4n) is 2.03. The minimum atomic E-state index is 0.268. The van der Waals surface area contributed by atoms with Crippen molar-refractivity contribution < 1.29 is 4.79 Å². The van der Waals surface area contributed by atoms with Crippen LogP contribution < -0.4 is 0 Å². The first-order valence-electron chi connectivity index (χ1n) is 6.41. The fraction of sp³-hybridized carbons (Fsp3) is 0.533. The minimum Gasteiger partial charge on any atom is -0.293 e. The highest BCUT2D eigenvalue weighted by molar-refractivity contribution is 8.00. The summed E-state index contributed by atoms with van der Waals surface area (Å²) in [6, 6.07) is 8.25. The number of benzene rings is 1. The van der Waals surface area contributed by atoms with Gasteiger partial charge in [-0.2, -0.15) is 11.8 Å². The molecule has 0 aromatic heterocycles. The largest absolute Gasteiger partial charge is 0.293 e. The number of thioether (sulfide) groups is 1. The average molecular weight is 248 g/mol. The minimum absolute atomic E-state index is 0.268. The van der Waals surface area contributed by atoms with Gasteiger partial charge in [-0.3, -0.25) is 4.79 Å². The third-order valence-electron chi connectivity index (χ3n) is 3.33. The van der Waals surface area contributed by atoms with E-state index in [9.17, 15) is 4.79 Å². The molecule has 0 atom stereocenters. The summed E-state index contributed by atoms with van der Waals surface area (Å²) >= 11 is 1.72. The van der Waals surface area contributed by atoms with Crippen LogP contribution in [0, 0.1) is 0 Å². The van der Waals surface area contributed by atoms with Gasteiger partial charge < -0.3 is 0 Å². The monoisotopic (exact) mass is 248 g/mol. The van der Waals surface area contributed by atoms with Crippen molar-refractivity contribution in [1.29, 1.82) is 0 Å². The van der Waals surface area contributed by atoms with E-state index in [1.54, 1.807) is 11.8 Å². The van der Waals surface area contributed by atoms with Crippen LogP contribution in [0.2, 0.25) is 0 Å². The molecule has 0 N–H and O–H groups in total. The second-order valence-corrected chi connectivity index (χ2v) is 6.60. The second-order valence-electron chi connectivity index (χ2n) is 5.04. The van der Waals surface area contributed by atoms with Crippen LogP contribution in [0.4, 0.5) is 0 Å². The van der Waals surface area contributed by atoms with Gasteiger partial charge in [-0.25, -0.2) is 0 Å². The summed E-state index contributed by atoms with van der Waals surface area (Å²) in [6.07, 6.45) is 3.92. The second kappa shape index (κ2) is 5.72. The predicted octanol–water partition coefficient (Wildman–Crippen LogP) is 4.28. The molecule has 1 nitrogen and oxygen atoms in total. The van der Waals surface area contributed by atoms with Gasteiger partial charge in [-0.05, 0) is 35.6 Å². The standard InChI is InChI=1S/C15H20OS/c1-11(2)17-10-15(16)14-8-4-7-13(9-14)12-5-3-6-12/h4,7-9,11-12H,3,5-6,10H2,1-2H3. The maximum atomic E-state index is 12.0. The quantitative estimate of drug-likeness (QED) is 0.723. The van der Waals surface area contributed by atoms with Crippen molar-refractivity contribution in [2.75, 3.05) is 5.75 Å². The number of carbonyl (C=O) groups is 1. The van der Waals surface area contributed by atoms with E-state index in [1.165, 1.54) is 24.8 Å². The van der Waals surface area contributed by atoms with E-state index < -0.39 is 0 Å². The lowest BCUT2D eigenvalue weighted by Crippen LogP contribution is -2.10. The van der Waals surface area contributed by atoms with Crippen LogP contribution in [-0.4, -0.2) is 16.8 Å². The molecule has 0 unspecified atom stereocenters. The van der Waals surface area contributed by atoms with Gasteiger partial charge in [0, 0.05) is 5.56 Å². The van der Waals surface area contributed by atoms with Gasteiger partial charge in [0.05, 0.1) is 5.75 Å². The van der Waals surface area contributed by atoms with Crippen molar-refractivity contribution in [3.05, 3.63) is 35.4 Å². The normalized spacial score (nSPS) is 15.9. The van der Waals surface area contributed by atoms with E-state index in [2.05, 4.69) is 26.0 Å². The van der Waals surface area contributed by atoms with Gasteiger partial charge in [-0.15, -0.1) is 0 Å². The molecule has 0 radical (unpaired) electrons. The van der Waals surface area contributed by atoms with Crippen LogP contribution in [0.15, 0.2) is 24.3 Å². The molecule has 0 saturated heterocycles. The van der Waals surface area contributed by atoms with E-state index in [4.69, 9.17) is 0 Å². The van der Waals surface area contributed by atoms with Crippen molar-refractivity contribution in [2.45, 2.75) is 44.3 Å². The number of hydrogen-bond donors (Lipinski definition) is 0. The fourth-order valence-corrected chi connectivity index (χ4v) is 2.68. The summed E-state index contributed by atoms with van der Waals surface area (Å²) in [7, 11) is 0. The molecule has 92 valence electrons. The molecule has 2 rings (SSSR count). The van der Waals surface area contributed by atoms with Gasteiger partial charge in [0.2, 0.25) is 0 Å². The number of hydrogen-bond acceptors (Lipinski definition) is 2. The lowest BCUT2D eigenvalue weighted by molar-refractivity contribution is 0.102. The van der Waals surface area contributed by atoms with Gasteiger partial charge in [-0.1, -0.05) is 38.5 Å². The molecule has 2 heteroatoms. The molecule has 0 heterocycles. The van der Waals surface area contributed by atoms with Crippen molar-refractivity contribution in [1.82, 2.24) is 0 Å². The maximum absolute atomic E-state index is 12.0. The van der Waals surface area contributed by atoms with Crippen LogP contribution >= 0.6 is 11.8 Å². The molecule has 1 aliphatic rings. The Labute approximate surface area is 108 Å². The van der Waals surface area contributed by atoms with Crippen molar-refractivity contribution in [2.24, 2.45) is 0 Å². The van der Waals surface area contributed by atoms with Gasteiger partial charge in [0.1, 0.15) is 0 Å². The Kier molecular flexibility index (Phi) is 4.27. The highest BCUT2D eigenvalue weighted by Crippen LogP contribution is 2.36. The van der Waals surface area contributed by atoms with Crippen LogP contribution in [0.5, 0.6) is 0 Å². The molecule has 1 saturated carbocycles. The Bertz CT molecular complexity index is 394. The Morgan fingerprint density at radius 1 is 1.41 bits per heavy atom. The van der Waals surface area contributed by atoms with E-state index in [0.29, 0.717) is 16.9 Å². The first kappa shape index (κ1) is 12.7. The zero-order valence-electron chi connectivity index (χ0n) is 10.6. The molecule has 0 bridgehead atoms. The van der Waals surface area contributed by atoms with Crippen molar-refractivity contribution in [3.63, 3.8) is 0 Å². The molecule has 0 spiro atoms. The highest BCUT2D eigenvalue weighted by atomic mass is 32.2. The molecule has 17 heavy (non-hydrogen) atoms. The number of ketones is 1. The third kappa shape index (κ3) is 3.35. The van der Waals surface area contributed by atoms with Gasteiger partial charge in [0.15, 0.2) is 5.78 Å². The summed E-state index contributed by atoms with van der Waals surface area (Å²) in [5, 5.41) is 0.522. The van der Waals surface area contributed by atoms with Crippen molar-refractivity contribution in [3.8, 4) is 0 Å². The molecular formula is C15H20OS. The summed E-state index contributed by atoms with van der Waals surface area (Å²) in [5.74, 6) is 1.58. The Morgan fingerprint density at radius 3 is 2.76 bits per heavy atom. The van der Waals surface area contributed by atoms with Crippen LogP contribution in [0.1, 0.15) is 54.9 Å². The zero-order valence-corrected chi connectivity index (χ0v) is 11.4. The van der Waals surface area contributed by atoms with Gasteiger partial charge in [0.25, 0.3) is 0 Å². The van der Waals surface area contributed by atoms with Crippen molar-refractivity contribution >= 4 is 17.5 Å². The number of carbonyl (C=O) groups excluding carboxylic acids is 1. The average Bonchev–Trinajstić information content (AvgIpc) is 2.24. The van der Waals surface area contributed by atoms with E-state index in [0.717, 1.165) is 5.56 Å². The number of Topliss-reactive ketones (excluding diaryl/α,β-unsaturated/α-hetero) is 1. The predicted molar refractivity (Wildman–Crippen MR) is 75.0 cm³/mol. The molecule has 1 fully saturated rings. The third-order valence-corrected chi connectivity index (χ3v) is 4.43. The molecule has 1 aliphatic carbocycles. The lowest BCUT2D eigenvalue weighted by atomic mass is 9.79. The first-order chi connectivity index (χ1) is 8.16. The van der Waals surface area contributed by atoms with E-state index >= 15 is 0 Å². The van der Waals surface area contributed by atoms with Crippen LogP contribution in [-0.2, 0) is 0 Å². The molecule has 1 aromatic carbocycles. The lowest BCUT2D eigenvalue weighted by Gasteiger charge is -2.26. The topological polar surface area (TPSA) is 17.1 Å². The maximum Gasteiger partial charge on any atom is 0.172 e. The number of rotatable bonds is 5. The summed E-state index contributed by atoms with van der Waals surface area (Å²) < 4.78 is 0. The van der Waals surface area contributed by atoms with E-state index in [-0.39, 0.29) is 5.78 Å². The Hall–Kier alpha value is -0.760. The molecule has 0 aliphatic heterocycles. The smallest absolute Gasteiger partial charge is 0.172 e. The first-order valence-corrected chi connectivity index (χ1v) is 7.46. The Balaban J connectivity index is 2.02. The molecule has 0 amide bonds. The zero-order chi connectivity index (χ0) is 12.3. The SMILES string of the molecule is CC(C)SCC(=O)c1cccc(C2CCC2)c1. The summed E-state index contributed by atoms with van der Waals surface area (Å²) in [6.45, 7) is 4.26. The summed E-state index contributed by atoms with van der Waals surface area (Å²) in [5.41, 5.74) is 2.25. The molecule has 1 aromatic rings. The highest BCUT2D eigenvalue weighted by Gasteiger charge is 2.20. The van der Waals surface area contributed by atoms with Gasteiger partial charge >= 0.3 is 0 Å². The molecular weight excluding hydrogens is 228 g/mol. The Morgan fingerprint density at radius 2 is 2.18 bits per heavy atom. The van der Waals surface area contributed by atoms with Crippen LogP contribution in [0.3, 0.4) is 0 Å². The summed E-state index contributed by atoms with van der Waals surface area (Å²) in [4.78, 5) is 12.0. The van der Waals surface area contributed by atoms with E-state index in [1.807, 2.05) is 12.1 Å².